The maximum absolute atomic E-state index is 13.3. The number of ether oxygens (including phenoxy) is 2. The normalized spacial score (nSPS) is 10.6. The van der Waals surface area contributed by atoms with E-state index in [2.05, 4.69) is 26.5 Å². The first-order valence-electron chi connectivity index (χ1n) is 9.28. The number of hydrogen-bond donors (Lipinski definition) is 1. The van der Waals surface area contributed by atoms with E-state index >= 15 is 0 Å². The summed E-state index contributed by atoms with van der Waals surface area (Å²) in [4.78, 5) is 34.2. The molecule has 1 amide bonds. The quantitative estimate of drug-likeness (QED) is 0.157. The summed E-state index contributed by atoms with van der Waals surface area (Å²) in [7, 11) is 0. The number of non-ortho nitro benzene ring substituents is 1. The molecule has 168 valence electrons. The lowest BCUT2D eigenvalue weighted by Gasteiger charge is -2.07. The number of nitrogens with zero attached hydrogens (tertiary/aromatic N) is 2. The zero-order chi connectivity index (χ0) is 23.8. The number of halogens is 2. The third kappa shape index (κ3) is 6.94. The average Bonchev–Trinajstić information content (AvgIpc) is 2.78. The Bertz CT molecular complexity index is 1230. The number of esters is 1. The lowest BCUT2D eigenvalue weighted by Crippen LogP contribution is -2.24. The van der Waals surface area contributed by atoms with E-state index in [0.29, 0.717) is 10.0 Å². The van der Waals surface area contributed by atoms with Crippen molar-refractivity contribution in [1.29, 1.82) is 0 Å². The first-order valence-corrected chi connectivity index (χ1v) is 10.1. The second-order valence-corrected chi connectivity index (χ2v) is 7.28. The van der Waals surface area contributed by atoms with Crippen LogP contribution in [0.15, 0.2) is 76.3 Å². The van der Waals surface area contributed by atoms with E-state index in [1.807, 2.05) is 0 Å². The monoisotopic (exact) mass is 515 g/mol. The van der Waals surface area contributed by atoms with Gasteiger partial charge in [-0.05, 0) is 57.9 Å². The molecule has 0 atom stereocenters. The van der Waals surface area contributed by atoms with Crippen LogP contribution in [0.3, 0.4) is 0 Å². The third-order valence-electron chi connectivity index (χ3n) is 4.02. The van der Waals surface area contributed by atoms with Crippen molar-refractivity contribution in [3.05, 3.63) is 98.3 Å². The van der Waals surface area contributed by atoms with Gasteiger partial charge < -0.3 is 9.47 Å². The van der Waals surface area contributed by atoms with Crippen molar-refractivity contribution in [2.24, 2.45) is 5.10 Å². The number of nitro benzene ring substituents is 1. The summed E-state index contributed by atoms with van der Waals surface area (Å²) < 4.78 is 24.1. The SMILES string of the molecule is O=C(COc1ccc([N+](=O)[O-])cc1Br)NN=Cc1cccc(OC(=O)c2cccc(F)c2)c1. The maximum atomic E-state index is 13.3. The molecule has 0 saturated heterocycles. The standard InChI is InChI=1S/C22H15BrFN3O6/c23-19-11-17(27(30)31)7-8-20(19)32-13-21(28)26-25-12-14-3-1-6-18(9-14)33-22(29)15-4-2-5-16(24)10-15/h1-12H,13H2,(H,26,28). The van der Waals surface area contributed by atoms with Gasteiger partial charge in [-0.2, -0.15) is 5.10 Å². The molecule has 0 aliphatic rings. The van der Waals surface area contributed by atoms with Gasteiger partial charge in [0.15, 0.2) is 6.61 Å². The van der Waals surface area contributed by atoms with Crippen molar-refractivity contribution in [2.45, 2.75) is 0 Å². The molecule has 0 fully saturated rings. The summed E-state index contributed by atoms with van der Waals surface area (Å²) in [6, 6.07) is 15.4. The number of nitro groups is 1. The van der Waals surface area contributed by atoms with Crippen LogP contribution in [-0.4, -0.2) is 29.6 Å². The zero-order valence-corrected chi connectivity index (χ0v) is 18.3. The number of amides is 1. The molecule has 0 aliphatic heterocycles. The Balaban J connectivity index is 1.52. The molecular formula is C22H15BrFN3O6. The molecule has 0 aliphatic carbocycles. The van der Waals surface area contributed by atoms with Crippen LogP contribution in [0.2, 0.25) is 0 Å². The van der Waals surface area contributed by atoms with Gasteiger partial charge in [0.2, 0.25) is 0 Å². The summed E-state index contributed by atoms with van der Waals surface area (Å²) in [6.07, 6.45) is 1.33. The van der Waals surface area contributed by atoms with Gasteiger partial charge in [0.25, 0.3) is 11.6 Å². The van der Waals surface area contributed by atoms with Gasteiger partial charge in [0.05, 0.1) is 21.2 Å². The van der Waals surface area contributed by atoms with Gasteiger partial charge in [-0.1, -0.05) is 18.2 Å². The van der Waals surface area contributed by atoms with Crippen LogP contribution < -0.4 is 14.9 Å². The lowest BCUT2D eigenvalue weighted by atomic mass is 10.2. The summed E-state index contributed by atoms with van der Waals surface area (Å²) in [5, 5.41) is 14.6. The summed E-state index contributed by atoms with van der Waals surface area (Å²) >= 11 is 3.15. The molecule has 3 aromatic carbocycles. The van der Waals surface area contributed by atoms with Crippen molar-refractivity contribution in [3.63, 3.8) is 0 Å². The van der Waals surface area contributed by atoms with Crippen LogP contribution >= 0.6 is 15.9 Å². The van der Waals surface area contributed by atoms with E-state index in [-0.39, 0.29) is 29.4 Å². The van der Waals surface area contributed by atoms with Crippen molar-refractivity contribution in [3.8, 4) is 11.5 Å². The highest BCUT2D eigenvalue weighted by molar-refractivity contribution is 9.10. The number of benzene rings is 3. The van der Waals surface area contributed by atoms with Crippen LogP contribution in [0.5, 0.6) is 11.5 Å². The minimum absolute atomic E-state index is 0.0704. The zero-order valence-electron chi connectivity index (χ0n) is 16.7. The van der Waals surface area contributed by atoms with Gasteiger partial charge in [-0.3, -0.25) is 14.9 Å². The van der Waals surface area contributed by atoms with Crippen molar-refractivity contribution in [2.75, 3.05) is 6.61 Å². The predicted octanol–water partition coefficient (Wildman–Crippen LogP) is 4.24. The second kappa shape index (κ2) is 11.0. The largest absolute Gasteiger partial charge is 0.483 e. The number of rotatable bonds is 8. The molecule has 3 rings (SSSR count). The predicted molar refractivity (Wildman–Crippen MR) is 120 cm³/mol. The molecule has 0 spiro atoms. The molecule has 9 nitrogen and oxygen atoms in total. The molecule has 0 heterocycles. The maximum Gasteiger partial charge on any atom is 0.343 e. The van der Waals surface area contributed by atoms with Crippen LogP contribution in [0.1, 0.15) is 15.9 Å². The number of carbonyl (C=O) groups excluding carboxylic acids is 2. The lowest BCUT2D eigenvalue weighted by molar-refractivity contribution is -0.384. The minimum atomic E-state index is -0.716. The minimum Gasteiger partial charge on any atom is -0.483 e. The average molecular weight is 516 g/mol. The Morgan fingerprint density at radius 1 is 1.12 bits per heavy atom. The van der Waals surface area contributed by atoms with Gasteiger partial charge in [0.1, 0.15) is 17.3 Å². The van der Waals surface area contributed by atoms with Crippen LogP contribution in [-0.2, 0) is 4.79 Å². The Labute approximate surface area is 195 Å². The smallest absolute Gasteiger partial charge is 0.343 e. The number of hydrazone groups is 1. The van der Waals surface area contributed by atoms with E-state index in [0.717, 1.165) is 6.07 Å². The topological polar surface area (TPSA) is 120 Å². The summed E-state index contributed by atoms with van der Waals surface area (Å²) in [5.41, 5.74) is 2.75. The van der Waals surface area contributed by atoms with Crippen molar-refractivity contribution < 1.29 is 28.4 Å². The third-order valence-corrected chi connectivity index (χ3v) is 4.64. The van der Waals surface area contributed by atoms with E-state index in [1.165, 1.54) is 48.7 Å². The molecular weight excluding hydrogens is 501 g/mol. The first kappa shape index (κ1) is 23.5. The first-order chi connectivity index (χ1) is 15.8. The fraction of sp³-hybridized carbons (Fsp3) is 0.0455. The Kier molecular flexibility index (Phi) is 7.82. The molecule has 0 radical (unpaired) electrons. The highest BCUT2D eigenvalue weighted by Crippen LogP contribution is 2.29. The van der Waals surface area contributed by atoms with Crippen LogP contribution in [0.4, 0.5) is 10.1 Å². The Morgan fingerprint density at radius 3 is 2.64 bits per heavy atom. The fourth-order valence-electron chi connectivity index (χ4n) is 2.51. The highest BCUT2D eigenvalue weighted by atomic mass is 79.9. The molecule has 0 aromatic heterocycles. The molecule has 0 saturated carbocycles. The van der Waals surface area contributed by atoms with Crippen molar-refractivity contribution >= 4 is 39.7 Å². The Morgan fingerprint density at radius 2 is 1.91 bits per heavy atom. The summed E-state index contributed by atoms with van der Waals surface area (Å²) in [6.45, 7) is -0.376. The highest BCUT2D eigenvalue weighted by Gasteiger charge is 2.12. The fourth-order valence-corrected chi connectivity index (χ4v) is 3.00. The van der Waals surface area contributed by atoms with E-state index < -0.39 is 22.6 Å². The number of nitrogens with one attached hydrogen (secondary N) is 1. The molecule has 11 heteroatoms. The van der Waals surface area contributed by atoms with Crippen LogP contribution in [0, 0.1) is 15.9 Å². The Hall–Kier alpha value is -4.12. The molecule has 3 aromatic rings. The molecule has 0 bridgehead atoms. The van der Waals surface area contributed by atoms with Gasteiger partial charge >= 0.3 is 5.97 Å². The summed E-state index contributed by atoms with van der Waals surface area (Å²) in [5.74, 6) is -1.36. The van der Waals surface area contributed by atoms with Gasteiger partial charge in [-0.15, -0.1) is 0 Å². The van der Waals surface area contributed by atoms with Crippen molar-refractivity contribution in [1.82, 2.24) is 5.43 Å². The van der Waals surface area contributed by atoms with Gasteiger partial charge in [0, 0.05) is 12.1 Å². The van der Waals surface area contributed by atoms with Gasteiger partial charge in [-0.25, -0.2) is 14.6 Å². The molecule has 0 unspecified atom stereocenters. The molecule has 33 heavy (non-hydrogen) atoms. The van der Waals surface area contributed by atoms with E-state index in [4.69, 9.17) is 9.47 Å². The van der Waals surface area contributed by atoms with Crippen LogP contribution in [0.25, 0.3) is 0 Å². The number of carbonyl (C=O) groups is 2. The number of hydrogen-bond acceptors (Lipinski definition) is 7. The van der Waals surface area contributed by atoms with E-state index in [9.17, 15) is 24.1 Å². The van der Waals surface area contributed by atoms with E-state index in [1.54, 1.807) is 18.2 Å². The molecule has 1 N–H and O–H groups in total. The second-order valence-electron chi connectivity index (χ2n) is 6.43.